The molecule has 16 heavy (non-hydrogen) atoms. The molecule has 1 atom stereocenters. The lowest BCUT2D eigenvalue weighted by atomic mass is 9.69. The van der Waals surface area contributed by atoms with E-state index < -0.39 is 0 Å². The minimum atomic E-state index is 0.398. The van der Waals surface area contributed by atoms with Crippen LogP contribution in [-0.2, 0) is 6.54 Å². The van der Waals surface area contributed by atoms with Crippen LogP contribution < -0.4 is 5.32 Å². The van der Waals surface area contributed by atoms with Crippen molar-refractivity contribution in [2.24, 2.45) is 5.41 Å². The van der Waals surface area contributed by atoms with Crippen molar-refractivity contribution in [1.82, 2.24) is 15.5 Å². The van der Waals surface area contributed by atoms with Crippen molar-refractivity contribution in [1.29, 1.82) is 0 Å². The molecule has 0 bridgehead atoms. The molecule has 3 nitrogen and oxygen atoms in total. The van der Waals surface area contributed by atoms with Crippen LogP contribution >= 0.6 is 11.3 Å². The Morgan fingerprint density at radius 3 is 2.88 bits per heavy atom. The summed E-state index contributed by atoms with van der Waals surface area (Å²) < 4.78 is 0. The smallest absolute Gasteiger partial charge is 0.131 e. The van der Waals surface area contributed by atoms with Crippen molar-refractivity contribution < 1.29 is 0 Å². The van der Waals surface area contributed by atoms with Crippen LogP contribution in [0.3, 0.4) is 0 Å². The van der Waals surface area contributed by atoms with E-state index in [4.69, 9.17) is 0 Å². The summed E-state index contributed by atoms with van der Waals surface area (Å²) in [6, 6.07) is 0. The second-order valence-corrected chi connectivity index (χ2v) is 6.44. The third kappa shape index (κ3) is 2.43. The van der Waals surface area contributed by atoms with Gasteiger partial charge in [-0.15, -0.1) is 10.2 Å². The van der Waals surface area contributed by atoms with Crippen molar-refractivity contribution in [2.45, 2.75) is 52.0 Å². The molecular weight excluding hydrogens is 218 g/mol. The molecule has 1 heterocycles. The van der Waals surface area contributed by atoms with Gasteiger partial charge in [0, 0.05) is 12.5 Å². The van der Waals surface area contributed by atoms with Gasteiger partial charge in [0.2, 0.25) is 0 Å². The second-order valence-electron chi connectivity index (χ2n) is 5.35. The predicted molar refractivity (Wildman–Crippen MR) is 67.7 cm³/mol. The molecule has 1 N–H and O–H groups in total. The first-order valence-electron chi connectivity index (χ1n) is 6.10. The Hall–Kier alpha value is -0.480. The van der Waals surface area contributed by atoms with Crippen LogP contribution in [0.5, 0.6) is 0 Å². The van der Waals surface area contributed by atoms with Gasteiger partial charge in [-0.05, 0) is 25.3 Å². The van der Waals surface area contributed by atoms with Crippen molar-refractivity contribution >= 4 is 11.3 Å². The molecule has 2 rings (SSSR count). The van der Waals surface area contributed by atoms with Gasteiger partial charge in [0.25, 0.3) is 0 Å². The largest absolute Gasteiger partial charge is 0.313 e. The van der Waals surface area contributed by atoms with Gasteiger partial charge in [0.05, 0.1) is 0 Å². The van der Waals surface area contributed by atoms with E-state index in [9.17, 15) is 0 Å². The minimum Gasteiger partial charge on any atom is -0.313 e. The molecule has 1 saturated carbocycles. The van der Waals surface area contributed by atoms with Crippen LogP contribution in [-0.4, -0.2) is 17.2 Å². The van der Waals surface area contributed by atoms with E-state index in [-0.39, 0.29) is 0 Å². The summed E-state index contributed by atoms with van der Waals surface area (Å²) in [5, 5.41) is 14.1. The molecule has 0 spiro atoms. The number of nitrogens with zero attached hydrogens (tertiary/aromatic N) is 2. The summed E-state index contributed by atoms with van der Waals surface area (Å²) in [4.78, 5) is 0. The fourth-order valence-corrected chi connectivity index (χ4v) is 3.78. The monoisotopic (exact) mass is 239 g/mol. The molecule has 0 aliphatic heterocycles. The molecule has 90 valence electrons. The number of hydrogen-bond acceptors (Lipinski definition) is 4. The molecule has 1 aliphatic rings. The molecule has 1 aromatic heterocycles. The average molecular weight is 239 g/mol. The highest BCUT2D eigenvalue weighted by molar-refractivity contribution is 7.11. The fraction of sp³-hybridized carbons (Fsp3) is 0.833. The van der Waals surface area contributed by atoms with E-state index in [0.717, 1.165) is 11.6 Å². The SMILES string of the molecule is CNCc1nnc(C2CCCCC2(C)C)s1. The highest BCUT2D eigenvalue weighted by atomic mass is 32.1. The summed E-state index contributed by atoms with van der Waals surface area (Å²) in [6.07, 6.45) is 5.31. The standard InChI is InChI=1S/C12H21N3S/c1-12(2)7-5-4-6-9(12)11-15-14-10(16-11)8-13-3/h9,13H,4-8H2,1-3H3. The first kappa shape index (κ1) is 12.0. The van der Waals surface area contributed by atoms with Crippen molar-refractivity contribution in [3.05, 3.63) is 10.0 Å². The maximum absolute atomic E-state index is 4.38. The molecule has 1 fully saturated rings. The van der Waals surface area contributed by atoms with Crippen LogP contribution in [0.25, 0.3) is 0 Å². The van der Waals surface area contributed by atoms with E-state index in [2.05, 4.69) is 29.4 Å². The van der Waals surface area contributed by atoms with E-state index in [1.54, 1.807) is 11.3 Å². The Morgan fingerprint density at radius 2 is 2.19 bits per heavy atom. The van der Waals surface area contributed by atoms with E-state index >= 15 is 0 Å². The maximum Gasteiger partial charge on any atom is 0.131 e. The third-order valence-electron chi connectivity index (χ3n) is 3.62. The normalized spacial score (nSPS) is 24.6. The van der Waals surface area contributed by atoms with E-state index in [0.29, 0.717) is 11.3 Å². The van der Waals surface area contributed by atoms with Gasteiger partial charge in [-0.3, -0.25) is 0 Å². The van der Waals surface area contributed by atoms with Crippen LogP contribution in [0.15, 0.2) is 0 Å². The van der Waals surface area contributed by atoms with Gasteiger partial charge in [-0.1, -0.05) is 38.0 Å². The Labute approximate surface area is 102 Å². The number of aromatic nitrogens is 2. The molecule has 1 aliphatic carbocycles. The second kappa shape index (κ2) is 4.80. The van der Waals surface area contributed by atoms with Gasteiger partial charge < -0.3 is 5.32 Å². The molecule has 0 amide bonds. The first-order valence-corrected chi connectivity index (χ1v) is 6.92. The van der Waals surface area contributed by atoms with Crippen molar-refractivity contribution in [2.75, 3.05) is 7.05 Å². The Morgan fingerprint density at radius 1 is 1.38 bits per heavy atom. The summed E-state index contributed by atoms with van der Waals surface area (Å²) in [5.41, 5.74) is 0.398. The molecule has 1 unspecified atom stereocenters. The van der Waals surface area contributed by atoms with Gasteiger partial charge in [0.1, 0.15) is 10.0 Å². The van der Waals surface area contributed by atoms with Gasteiger partial charge in [-0.25, -0.2) is 0 Å². The average Bonchev–Trinajstić information content (AvgIpc) is 2.66. The zero-order valence-corrected chi connectivity index (χ0v) is 11.2. The molecular formula is C12H21N3S. The fourth-order valence-electron chi connectivity index (χ4n) is 2.58. The highest BCUT2D eigenvalue weighted by Gasteiger charge is 2.35. The summed E-state index contributed by atoms with van der Waals surface area (Å²) in [5.74, 6) is 0.615. The van der Waals surface area contributed by atoms with E-state index in [1.165, 1.54) is 30.7 Å². The van der Waals surface area contributed by atoms with Crippen LogP contribution in [0, 0.1) is 5.41 Å². The summed E-state index contributed by atoms with van der Waals surface area (Å²) in [6.45, 7) is 5.58. The molecule has 1 aromatic rings. The lowest BCUT2D eigenvalue weighted by molar-refractivity contribution is 0.198. The zero-order valence-electron chi connectivity index (χ0n) is 10.4. The molecule has 4 heteroatoms. The van der Waals surface area contributed by atoms with Crippen molar-refractivity contribution in [3.63, 3.8) is 0 Å². The van der Waals surface area contributed by atoms with E-state index in [1.807, 2.05) is 7.05 Å². The lowest BCUT2D eigenvalue weighted by Gasteiger charge is -2.37. The number of nitrogens with one attached hydrogen (secondary N) is 1. The van der Waals surface area contributed by atoms with Crippen LogP contribution in [0.4, 0.5) is 0 Å². The summed E-state index contributed by atoms with van der Waals surface area (Å²) >= 11 is 1.78. The number of rotatable bonds is 3. The molecule has 0 radical (unpaired) electrons. The third-order valence-corrected chi connectivity index (χ3v) is 4.65. The predicted octanol–water partition coefficient (Wildman–Crippen LogP) is 2.94. The number of hydrogen-bond donors (Lipinski definition) is 1. The zero-order chi connectivity index (χ0) is 11.6. The van der Waals surface area contributed by atoms with Crippen LogP contribution in [0.1, 0.15) is 55.5 Å². The van der Waals surface area contributed by atoms with Gasteiger partial charge >= 0.3 is 0 Å². The highest BCUT2D eigenvalue weighted by Crippen LogP contribution is 2.47. The Balaban J connectivity index is 2.15. The Kier molecular flexibility index (Phi) is 3.60. The quantitative estimate of drug-likeness (QED) is 0.881. The molecule has 0 aromatic carbocycles. The van der Waals surface area contributed by atoms with Gasteiger partial charge in [-0.2, -0.15) is 0 Å². The first-order chi connectivity index (χ1) is 7.63. The molecule has 0 saturated heterocycles. The van der Waals surface area contributed by atoms with Gasteiger partial charge in [0.15, 0.2) is 0 Å². The Bertz CT molecular complexity index is 346. The summed E-state index contributed by atoms with van der Waals surface area (Å²) in [7, 11) is 1.95. The maximum atomic E-state index is 4.38. The minimum absolute atomic E-state index is 0.398. The lowest BCUT2D eigenvalue weighted by Crippen LogP contribution is -2.25. The topological polar surface area (TPSA) is 37.8 Å². The van der Waals surface area contributed by atoms with Crippen LogP contribution in [0.2, 0.25) is 0 Å². The van der Waals surface area contributed by atoms with Crippen molar-refractivity contribution in [3.8, 4) is 0 Å².